The van der Waals surface area contributed by atoms with Crippen LogP contribution in [-0.4, -0.2) is 47.7 Å². The summed E-state index contributed by atoms with van der Waals surface area (Å²) in [7, 11) is 0. The average Bonchev–Trinajstić information content (AvgIpc) is 2.78. The molecular weight excluding hydrogens is 346 g/mol. The molecule has 0 bridgehead atoms. The van der Waals surface area contributed by atoms with Gasteiger partial charge in [0.05, 0.1) is 11.8 Å². The molecule has 0 spiro atoms. The number of piperazine rings is 1. The zero-order valence-corrected chi connectivity index (χ0v) is 16.8. The van der Waals surface area contributed by atoms with Gasteiger partial charge in [-0.05, 0) is 36.0 Å². The van der Waals surface area contributed by atoms with Crippen molar-refractivity contribution < 1.29 is 5.11 Å². The fourth-order valence-corrected chi connectivity index (χ4v) is 3.99. The molecule has 0 radical (unpaired) electrons. The monoisotopic (exact) mass is 375 g/mol. The maximum absolute atomic E-state index is 10.2. The lowest BCUT2D eigenvalue weighted by Gasteiger charge is -2.35. The molecule has 1 N–H and O–H groups in total. The summed E-state index contributed by atoms with van der Waals surface area (Å²) >= 11 is 0. The van der Waals surface area contributed by atoms with Gasteiger partial charge in [-0.2, -0.15) is 0 Å². The fourth-order valence-electron chi connectivity index (χ4n) is 3.99. The smallest absolute Gasteiger partial charge is 0.137 e. The Balaban J connectivity index is 1.77. The van der Waals surface area contributed by atoms with Gasteiger partial charge >= 0.3 is 0 Å². The molecule has 4 heteroatoms. The third kappa shape index (κ3) is 3.75. The topological polar surface area (TPSA) is 39.6 Å². The number of likely N-dealkylation sites (N-methyl/N-ethyl adjacent to an activating group) is 1. The van der Waals surface area contributed by atoms with Crippen LogP contribution in [0.25, 0.3) is 22.0 Å². The van der Waals surface area contributed by atoms with Gasteiger partial charge in [-0.1, -0.05) is 56.3 Å². The number of anilines is 1. The van der Waals surface area contributed by atoms with E-state index >= 15 is 0 Å². The van der Waals surface area contributed by atoms with Crippen molar-refractivity contribution in [2.45, 2.75) is 26.4 Å². The number of aromatic nitrogens is 1. The summed E-state index contributed by atoms with van der Waals surface area (Å²) < 4.78 is 0. The first kappa shape index (κ1) is 18.9. The molecule has 0 saturated carbocycles. The van der Waals surface area contributed by atoms with Crippen molar-refractivity contribution in [2.75, 3.05) is 37.6 Å². The summed E-state index contributed by atoms with van der Waals surface area (Å²) in [5, 5.41) is 12.7. The molecule has 146 valence electrons. The van der Waals surface area contributed by atoms with Crippen molar-refractivity contribution in [3.63, 3.8) is 0 Å². The van der Waals surface area contributed by atoms with Gasteiger partial charge in [-0.15, -0.1) is 0 Å². The second-order valence-electron chi connectivity index (χ2n) is 7.52. The molecule has 4 nitrogen and oxygen atoms in total. The lowest BCUT2D eigenvalue weighted by Crippen LogP contribution is -2.46. The SMILES string of the molecule is CCC(O)c1cccc(-c2cc3ccccc3c(N3CCN(CC)CC3)n2)c1. The minimum Gasteiger partial charge on any atom is -0.388 e. The Morgan fingerprint density at radius 2 is 1.75 bits per heavy atom. The minimum atomic E-state index is -0.429. The van der Waals surface area contributed by atoms with Gasteiger partial charge in [0.15, 0.2) is 0 Å². The molecular formula is C24H29N3O. The second-order valence-corrected chi connectivity index (χ2v) is 7.52. The molecule has 3 aromatic rings. The Labute approximate surface area is 167 Å². The molecule has 28 heavy (non-hydrogen) atoms. The minimum absolute atomic E-state index is 0.429. The van der Waals surface area contributed by atoms with Gasteiger partial charge in [0, 0.05) is 37.1 Å². The summed E-state index contributed by atoms with van der Waals surface area (Å²) in [5.41, 5.74) is 2.98. The van der Waals surface area contributed by atoms with Crippen LogP contribution in [-0.2, 0) is 0 Å². The van der Waals surface area contributed by atoms with Gasteiger partial charge in [0.2, 0.25) is 0 Å². The number of aliphatic hydroxyl groups excluding tert-OH is 1. The largest absolute Gasteiger partial charge is 0.388 e. The number of hydrogen-bond donors (Lipinski definition) is 1. The molecule has 2 aromatic carbocycles. The predicted octanol–water partition coefficient (Wildman–Crippen LogP) is 4.49. The van der Waals surface area contributed by atoms with Crippen LogP contribution in [0.4, 0.5) is 5.82 Å². The second kappa shape index (κ2) is 8.29. The Morgan fingerprint density at radius 1 is 0.964 bits per heavy atom. The van der Waals surface area contributed by atoms with E-state index in [1.54, 1.807) is 0 Å². The first-order valence-corrected chi connectivity index (χ1v) is 10.3. The molecule has 4 rings (SSSR count). The predicted molar refractivity (Wildman–Crippen MR) is 117 cm³/mol. The summed E-state index contributed by atoms with van der Waals surface area (Å²) in [4.78, 5) is 10.0. The van der Waals surface area contributed by atoms with Crippen LogP contribution in [0.1, 0.15) is 31.9 Å². The van der Waals surface area contributed by atoms with E-state index in [0.29, 0.717) is 6.42 Å². The molecule has 0 amide bonds. The highest BCUT2D eigenvalue weighted by Crippen LogP contribution is 2.31. The van der Waals surface area contributed by atoms with Gasteiger partial charge in [-0.25, -0.2) is 4.98 Å². The zero-order chi connectivity index (χ0) is 19.5. The van der Waals surface area contributed by atoms with Gasteiger partial charge in [0.25, 0.3) is 0 Å². The molecule has 1 aromatic heterocycles. The lowest BCUT2D eigenvalue weighted by molar-refractivity contribution is 0.174. The summed E-state index contributed by atoms with van der Waals surface area (Å²) in [6, 6.07) is 18.8. The quantitative estimate of drug-likeness (QED) is 0.713. The van der Waals surface area contributed by atoms with E-state index in [1.165, 1.54) is 10.8 Å². The van der Waals surface area contributed by atoms with Crippen molar-refractivity contribution in [2.24, 2.45) is 0 Å². The van der Waals surface area contributed by atoms with Crippen molar-refractivity contribution in [3.8, 4) is 11.3 Å². The number of benzene rings is 2. The Kier molecular flexibility index (Phi) is 5.60. The van der Waals surface area contributed by atoms with Crippen LogP contribution >= 0.6 is 0 Å². The molecule has 1 atom stereocenters. The number of fused-ring (bicyclic) bond motifs is 1. The molecule has 0 aliphatic carbocycles. The summed E-state index contributed by atoms with van der Waals surface area (Å²) in [6.07, 6.45) is 0.281. The molecule has 1 fully saturated rings. The molecule has 2 heterocycles. The van der Waals surface area contributed by atoms with E-state index in [-0.39, 0.29) is 0 Å². The van der Waals surface area contributed by atoms with Crippen molar-refractivity contribution in [3.05, 3.63) is 60.2 Å². The first-order valence-electron chi connectivity index (χ1n) is 10.3. The highest BCUT2D eigenvalue weighted by molar-refractivity contribution is 5.95. The number of aliphatic hydroxyl groups is 1. The van der Waals surface area contributed by atoms with Crippen LogP contribution in [0.5, 0.6) is 0 Å². The Hall–Kier alpha value is -2.43. The third-order valence-electron chi connectivity index (χ3n) is 5.79. The van der Waals surface area contributed by atoms with Crippen molar-refractivity contribution in [1.82, 2.24) is 9.88 Å². The molecule has 1 aliphatic heterocycles. The van der Waals surface area contributed by atoms with E-state index in [1.807, 2.05) is 19.1 Å². The number of rotatable bonds is 5. The van der Waals surface area contributed by atoms with Crippen LogP contribution < -0.4 is 4.90 Å². The van der Waals surface area contributed by atoms with Gasteiger partial charge < -0.3 is 14.9 Å². The summed E-state index contributed by atoms with van der Waals surface area (Å²) in [6.45, 7) is 9.49. The zero-order valence-electron chi connectivity index (χ0n) is 16.8. The van der Waals surface area contributed by atoms with Gasteiger partial charge in [-0.3, -0.25) is 0 Å². The number of nitrogens with zero attached hydrogens (tertiary/aromatic N) is 3. The van der Waals surface area contributed by atoms with Crippen LogP contribution in [0.3, 0.4) is 0 Å². The lowest BCUT2D eigenvalue weighted by atomic mass is 10.0. The molecule has 1 saturated heterocycles. The standard InChI is InChI=1S/C24H29N3O/c1-3-23(28)20-10-7-9-19(16-20)22-17-18-8-5-6-11-21(18)24(25-22)27-14-12-26(4-2)13-15-27/h5-11,16-17,23,28H,3-4,12-15H2,1-2H3. The number of pyridine rings is 1. The fraction of sp³-hybridized carbons (Fsp3) is 0.375. The van der Waals surface area contributed by atoms with Crippen molar-refractivity contribution in [1.29, 1.82) is 0 Å². The first-order chi connectivity index (χ1) is 13.7. The van der Waals surface area contributed by atoms with Crippen LogP contribution in [0.2, 0.25) is 0 Å². The van der Waals surface area contributed by atoms with E-state index in [4.69, 9.17) is 4.98 Å². The third-order valence-corrected chi connectivity index (χ3v) is 5.79. The van der Waals surface area contributed by atoms with Crippen molar-refractivity contribution >= 4 is 16.6 Å². The normalized spacial score (nSPS) is 16.5. The van der Waals surface area contributed by atoms with E-state index in [0.717, 1.165) is 55.4 Å². The van der Waals surface area contributed by atoms with Crippen LogP contribution in [0.15, 0.2) is 54.6 Å². The van der Waals surface area contributed by atoms with E-state index < -0.39 is 6.10 Å². The van der Waals surface area contributed by atoms with E-state index in [9.17, 15) is 5.11 Å². The highest BCUT2D eigenvalue weighted by atomic mass is 16.3. The maximum Gasteiger partial charge on any atom is 0.137 e. The Bertz CT molecular complexity index is 947. The Morgan fingerprint density at radius 3 is 2.50 bits per heavy atom. The average molecular weight is 376 g/mol. The number of hydrogen-bond acceptors (Lipinski definition) is 4. The van der Waals surface area contributed by atoms with Crippen LogP contribution in [0, 0.1) is 0 Å². The van der Waals surface area contributed by atoms with Gasteiger partial charge in [0.1, 0.15) is 5.82 Å². The molecule has 1 unspecified atom stereocenters. The maximum atomic E-state index is 10.2. The summed E-state index contributed by atoms with van der Waals surface area (Å²) in [5.74, 6) is 1.07. The molecule has 1 aliphatic rings. The highest BCUT2D eigenvalue weighted by Gasteiger charge is 2.20. The van der Waals surface area contributed by atoms with E-state index in [2.05, 4.69) is 59.2 Å².